The molecule has 3 aromatic heterocycles. The summed E-state index contributed by atoms with van der Waals surface area (Å²) < 4.78 is 35.5. The summed E-state index contributed by atoms with van der Waals surface area (Å²) in [6.45, 7) is 10.8. The Morgan fingerprint density at radius 3 is 2.40 bits per heavy atom. The Morgan fingerprint density at radius 2 is 1.71 bits per heavy atom. The molecule has 7 rings (SSSR count). The van der Waals surface area contributed by atoms with Crippen LogP contribution in [0.3, 0.4) is 0 Å². The first-order chi connectivity index (χ1) is 33.1. The number of rotatable bonds is 16. The molecule has 70 heavy (non-hydrogen) atoms. The third-order valence-corrected chi connectivity index (χ3v) is 13.4. The summed E-state index contributed by atoms with van der Waals surface area (Å²) in [5.41, 5.74) is 2.95. The van der Waals surface area contributed by atoms with Gasteiger partial charge in [-0.05, 0) is 107 Å². The van der Waals surface area contributed by atoms with Gasteiger partial charge in [0, 0.05) is 60.2 Å². The maximum atomic E-state index is 14.4. The molecule has 5 heterocycles. The number of sulfone groups is 1. The van der Waals surface area contributed by atoms with Crippen LogP contribution in [0.25, 0.3) is 22.3 Å². The number of nitrogens with zero attached hydrogens (tertiary/aromatic N) is 4. The highest BCUT2D eigenvalue weighted by molar-refractivity contribution is 7.90. The number of hydrogen-bond donors (Lipinski definition) is 5. The third-order valence-electron chi connectivity index (χ3n) is 12.6. The molecule has 19 nitrogen and oxygen atoms in total. The zero-order chi connectivity index (χ0) is 50.7. The number of benzene rings is 1. The standard InChI is InChI=1S/C50H60N8O11S/c1-8-50(65)34-23-38-42-32(26-58(38)45(62)33(34)27-68-46(50)63)30-16-14-17-31-35(20-21-36(54-42)40(30)31)55-43(60)37(18-12-13-22-51-48(64)69-49(4,5)6)56-44(61)41(28(2)3)57-39(59)19-11-9-10-15-29-24-52-47(53-25-29)70(7,66)67/h20-21,23-25,28,37,41,65H,8-9,11-14,16-19,22,26-27H2,1-7H3,(H,51,64)(H,55,60)(H,56,61)(H,57,59)/t37-,41-,50-/m0/s1. The van der Waals surface area contributed by atoms with Crippen LogP contribution in [0.4, 0.5) is 10.5 Å². The summed E-state index contributed by atoms with van der Waals surface area (Å²) in [6.07, 6.45) is 7.05. The molecule has 4 aromatic rings. The second kappa shape index (κ2) is 20.7. The molecule has 3 atom stereocenters. The van der Waals surface area contributed by atoms with Crippen LogP contribution in [0.15, 0.2) is 40.5 Å². The number of esters is 1. The summed E-state index contributed by atoms with van der Waals surface area (Å²) in [7, 11) is -3.54. The first-order valence-electron chi connectivity index (χ1n) is 23.6. The maximum Gasteiger partial charge on any atom is 0.407 e. The molecular formula is C50H60N8O11S. The van der Waals surface area contributed by atoms with Crippen LogP contribution in [0.5, 0.6) is 0 Å². The van der Waals surface area contributed by atoms with E-state index in [0.29, 0.717) is 66.7 Å². The number of fused-ring (bicyclic) bond motifs is 5. The number of pyridine rings is 2. The van der Waals surface area contributed by atoms with Crippen molar-refractivity contribution >= 4 is 56.2 Å². The number of hydrogen-bond acceptors (Lipinski definition) is 14. The highest BCUT2D eigenvalue weighted by Gasteiger charge is 2.45. The summed E-state index contributed by atoms with van der Waals surface area (Å²) in [6, 6.07) is 3.26. The van der Waals surface area contributed by atoms with E-state index < -0.39 is 57.0 Å². The fourth-order valence-corrected chi connectivity index (χ4v) is 9.51. The van der Waals surface area contributed by atoms with Crippen molar-refractivity contribution < 1.29 is 47.0 Å². The molecule has 0 saturated heterocycles. The molecule has 0 unspecified atom stereocenters. The quantitative estimate of drug-likeness (QED) is 0.0401. The van der Waals surface area contributed by atoms with Gasteiger partial charge in [0.25, 0.3) is 5.56 Å². The zero-order valence-electron chi connectivity index (χ0n) is 40.5. The number of cyclic esters (lactones) is 1. The molecule has 1 aromatic carbocycles. The van der Waals surface area contributed by atoms with Crippen molar-refractivity contribution in [2.45, 2.75) is 147 Å². The van der Waals surface area contributed by atoms with Gasteiger partial charge in [-0.2, -0.15) is 0 Å². The molecule has 0 saturated carbocycles. The summed E-state index contributed by atoms with van der Waals surface area (Å²) in [5, 5.41) is 23.5. The van der Waals surface area contributed by atoms with Crippen LogP contribution in [0.2, 0.25) is 0 Å². The van der Waals surface area contributed by atoms with E-state index in [1.807, 2.05) is 0 Å². The SMILES string of the molecule is CC[C@@]1(O)C(=O)OCc2c1cc1n(c2=O)Cc2c-1nc1ccc(NC(=O)[C@H](CCCCNC(=O)OC(C)(C)C)NC(=O)[C@@H](NC(=O)CCCC#Cc3cnc(S(C)(=O)=O)nc3)C(C)C)c3c1c2CCC3. The first kappa shape index (κ1) is 51.1. The Bertz CT molecular complexity index is 2990. The van der Waals surface area contributed by atoms with Gasteiger partial charge in [0.05, 0.1) is 34.6 Å². The second-order valence-electron chi connectivity index (χ2n) is 19.3. The molecule has 20 heteroatoms. The average molecular weight is 981 g/mol. The molecule has 0 bridgehead atoms. The number of amides is 4. The molecule has 0 radical (unpaired) electrons. The van der Waals surface area contributed by atoms with E-state index in [-0.39, 0.29) is 72.6 Å². The zero-order valence-corrected chi connectivity index (χ0v) is 41.4. The van der Waals surface area contributed by atoms with Crippen LogP contribution in [-0.4, -0.2) is 93.3 Å². The average Bonchev–Trinajstić information content (AvgIpc) is 3.68. The number of aryl methyl sites for hydroxylation is 2. The van der Waals surface area contributed by atoms with E-state index >= 15 is 0 Å². The van der Waals surface area contributed by atoms with E-state index in [9.17, 15) is 42.3 Å². The summed E-state index contributed by atoms with van der Waals surface area (Å²) >= 11 is 0. The smallest absolute Gasteiger partial charge is 0.407 e. The number of carbonyl (C=O) groups excluding carboxylic acids is 5. The molecule has 1 aliphatic carbocycles. The summed E-state index contributed by atoms with van der Waals surface area (Å²) in [4.78, 5) is 93.2. The fourth-order valence-electron chi connectivity index (χ4n) is 9.02. The Morgan fingerprint density at radius 1 is 0.986 bits per heavy atom. The first-order valence-corrected chi connectivity index (χ1v) is 25.5. The third kappa shape index (κ3) is 11.2. The monoisotopic (exact) mass is 980 g/mol. The number of nitrogens with one attached hydrogen (secondary N) is 4. The van der Waals surface area contributed by atoms with Crippen molar-refractivity contribution in [1.82, 2.24) is 35.5 Å². The molecule has 3 aliphatic rings. The van der Waals surface area contributed by atoms with E-state index in [0.717, 1.165) is 34.8 Å². The van der Waals surface area contributed by atoms with Crippen LogP contribution in [-0.2, 0) is 70.1 Å². The van der Waals surface area contributed by atoms with Gasteiger partial charge in [-0.1, -0.05) is 32.6 Å². The molecular weight excluding hydrogens is 921 g/mol. The number of aromatic nitrogens is 4. The Kier molecular flexibility index (Phi) is 15.1. The minimum absolute atomic E-state index is 0.0274. The van der Waals surface area contributed by atoms with Gasteiger partial charge in [0.1, 0.15) is 24.3 Å². The number of aliphatic hydroxyl groups is 1. The van der Waals surface area contributed by atoms with Crippen LogP contribution < -0.4 is 26.8 Å². The number of unbranched alkanes of at least 4 members (excludes halogenated alkanes) is 2. The highest BCUT2D eigenvalue weighted by Crippen LogP contribution is 2.43. The van der Waals surface area contributed by atoms with Gasteiger partial charge in [-0.25, -0.2) is 33.0 Å². The lowest BCUT2D eigenvalue weighted by Gasteiger charge is -2.31. The van der Waals surface area contributed by atoms with Gasteiger partial charge in [0.15, 0.2) is 5.60 Å². The number of alkyl carbamates (subject to hydrolysis) is 1. The highest BCUT2D eigenvalue weighted by atomic mass is 32.2. The van der Waals surface area contributed by atoms with Gasteiger partial charge < -0.3 is 40.4 Å². The molecule has 372 valence electrons. The number of anilines is 1. The largest absolute Gasteiger partial charge is 0.458 e. The van der Waals surface area contributed by atoms with Crippen molar-refractivity contribution in [1.29, 1.82) is 0 Å². The van der Waals surface area contributed by atoms with Crippen LogP contribution >= 0.6 is 0 Å². The minimum Gasteiger partial charge on any atom is -0.458 e. The second-order valence-corrected chi connectivity index (χ2v) is 21.2. The molecule has 2 aliphatic heterocycles. The van der Waals surface area contributed by atoms with Crippen molar-refractivity contribution in [3.8, 4) is 23.2 Å². The lowest BCUT2D eigenvalue weighted by molar-refractivity contribution is -0.172. The van der Waals surface area contributed by atoms with E-state index in [1.165, 1.54) is 12.4 Å². The Labute approximate surface area is 406 Å². The molecule has 5 N–H and O–H groups in total. The van der Waals surface area contributed by atoms with E-state index in [2.05, 4.69) is 43.1 Å². The van der Waals surface area contributed by atoms with E-state index in [1.54, 1.807) is 64.3 Å². The van der Waals surface area contributed by atoms with Gasteiger partial charge in [-0.3, -0.25) is 19.2 Å². The minimum atomic E-state index is -3.54. The lowest BCUT2D eigenvalue weighted by atomic mass is 9.85. The van der Waals surface area contributed by atoms with Gasteiger partial charge in [0.2, 0.25) is 32.7 Å². The van der Waals surface area contributed by atoms with Crippen molar-refractivity contribution in [3.63, 3.8) is 0 Å². The molecule has 0 fully saturated rings. The van der Waals surface area contributed by atoms with Crippen LogP contribution in [0.1, 0.15) is 126 Å². The topological polar surface area (TPSA) is 267 Å². The fraction of sp³-hybridized carbons (Fsp3) is 0.500. The number of ether oxygens (including phenoxy) is 2. The Hall–Kier alpha value is -6.72. The number of carbonyl (C=O) groups is 5. The van der Waals surface area contributed by atoms with Crippen molar-refractivity contribution in [2.75, 3.05) is 18.1 Å². The van der Waals surface area contributed by atoms with Gasteiger partial charge >= 0.3 is 12.1 Å². The lowest BCUT2D eigenvalue weighted by Crippen LogP contribution is -2.54. The summed E-state index contributed by atoms with van der Waals surface area (Å²) in [5.74, 6) is 3.24. The normalized spacial score (nSPS) is 16.7. The Balaban J connectivity index is 1.07. The predicted octanol–water partition coefficient (Wildman–Crippen LogP) is 4.24. The predicted molar refractivity (Wildman–Crippen MR) is 258 cm³/mol. The van der Waals surface area contributed by atoms with Crippen molar-refractivity contribution in [3.05, 3.63) is 74.3 Å². The molecule has 0 spiro atoms. The van der Waals surface area contributed by atoms with Crippen LogP contribution in [0, 0.1) is 17.8 Å². The van der Waals surface area contributed by atoms with Gasteiger partial charge in [-0.15, -0.1) is 0 Å². The van der Waals surface area contributed by atoms with Crippen molar-refractivity contribution in [2.24, 2.45) is 5.92 Å². The van der Waals surface area contributed by atoms with E-state index in [4.69, 9.17) is 14.5 Å². The molecule has 4 amide bonds. The maximum absolute atomic E-state index is 14.4.